The number of hydrogen-bond donors (Lipinski definition) is 2. The van der Waals surface area contributed by atoms with Crippen molar-refractivity contribution < 1.29 is 10.2 Å². The summed E-state index contributed by atoms with van der Waals surface area (Å²) in [5.41, 5.74) is 1.49. The fraction of sp³-hybridized carbons (Fsp3) is 0. The van der Waals surface area contributed by atoms with Crippen LogP contribution in [-0.2, 0) is 0 Å². The molecule has 5 nitrogen and oxygen atoms in total. The van der Waals surface area contributed by atoms with E-state index in [4.69, 9.17) is 0 Å². The first kappa shape index (κ1) is 9.65. The molecule has 0 fully saturated rings. The van der Waals surface area contributed by atoms with Gasteiger partial charge in [-0.05, 0) is 0 Å². The first-order valence-corrected chi connectivity index (χ1v) is 5.07. The number of rotatable bonds is 1. The molecule has 2 N–H and O–H groups in total. The molecule has 3 aromatic rings. The van der Waals surface area contributed by atoms with E-state index in [9.17, 15) is 10.2 Å². The highest BCUT2D eigenvalue weighted by Gasteiger charge is 2.08. The molecule has 0 amide bonds. The Kier molecular flexibility index (Phi) is 1.98. The molecular weight excluding hydrogens is 218 g/mol. The van der Waals surface area contributed by atoms with Crippen molar-refractivity contribution in [3.8, 4) is 23.0 Å². The van der Waals surface area contributed by atoms with Crippen molar-refractivity contribution in [3.05, 3.63) is 42.6 Å². The first-order chi connectivity index (χ1) is 8.24. The molecule has 0 aliphatic carbocycles. The third-order valence-electron chi connectivity index (χ3n) is 2.48. The van der Waals surface area contributed by atoms with Crippen LogP contribution < -0.4 is 0 Å². The van der Waals surface area contributed by atoms with E-state index in [0.29, 0.717) is 5.69 Å². The lowest BCUT2D eigenvalue weighted by Gasteiger charge is -2.02. The SMILES string of the molecule is Oc1cn2c(O)cc(-c3ccccc3)nc2n1. The lowest BCUT2D eigenvalue weighted by Crippen LogP contribution is -1.91. The van der Waals surface area contributed by atoms with Gasteiger partial charge >= 0.3 is 0 Å². The molecule has 1 aromatic carbocycles. The molecule has 0 atom stereocenters. The largest absolute Gasteiger partial charge is 0.494 e. The van der Waals surface area contributed by atoms with E-state index >= 15 is 0 Å². The van der Waals surface area contributed by atoms with E-state index in [1.54, 1.807) is 0 Å². The Balaban J connectivity index is 2.25. The third-order valence-corrected chi connectivity index (χ3v) is 2.48. The predicted molar refractivity (Wildman–Crippen MR) is 61.8 cm³/mol. The Morgan fingerprint density at radius 1 is 1.00 bits per heavy atom. The van der Waals surface area contributed by atoms with Gasteiger partial charge in [-0.2, -0.15) is 4.98 Å². The molecule has 3 rings (SSSR count). The van der Waals surface area contributed by atoms with E-state index in [-0.39, 0.29) is 17.5 Å². The van der Waals surface area contributed by atoms with Gasteiger partial charge in [0.25, 0.3) is 0 Å². The van der Waals surface area contributed by atoms with Crippen LogP contribution in [0.4, 0.5) is 0 Å². The summed E-state index contributed by atoms with van der Waals surface area (Å²) in [5, 5.41) is 19.1. The number of benzene rings is 1. The van der Waals surface area contributed by atoms with Crippen LogP contribution in [0.25, 0.3) is 17.0 Å². The van der Waals surface area contributed by atoms with Crippen LogP contribution in [0.2, 0.25) is 0 Å². The summed E-state index contributed by atoms with van der Waals surface area (Å²) < 4.78 is 1.32. The smallest absolute Gasteiger partial charge is 0.240 e. The van der Waals surface area contributed by atoms with Crippen molar-refractivity contribution in [1.82, 2.24) is 14.4 Å². The molecule has 0 radical (unpaired) electrons. The average molecular weight is 227 g/mol. The zero-order valence-electron chi connectivity index (χ0n) is 8.78. The lowest BCUT2D eigenvalue weighted by molar-refractivity contribution is 0.440. The van der Waals surface area contributed by atoms with Crippen LogP contribution in [0.1, 0.15) is 0 Å². The number of imidazole rings is 1. The molecule has 0 bridgehead atoms. The molecule has 2 aromatic heterocycles. The van der Waals surface area contributed by atoms with Crippen molar-refractivity contribution >= 4 is 5.78 Å². The second-order valence-corrected chi connectivity index (χ2v) is 3.63. The normalized spacial score (nSPS) is 10.8. The van der Waals surface area contributed by atoms with Gasteiger partial charge in [0.05, 0.1) is 11.9 Å². The Morgan fingerprint density at radius 2 is 1.76 bits per heavy atom. The first-order valence-electron chi connectivity index (χ1n) is 5.07. The van der Waals surface area contributed by atoms with Gasteiger partial charge in [0.1, 0.15) is 0 Å². The number of aromatic nitrogens is 3. The van der Waals surface area contributed by atoms with E-state index in [1.807, 2.05) is 30.3 Å². The van der Waals surface area contributed by atoms with Crippen LogP contribution in [0.5, 0.6) is 11.8 Å². The van der Waals surface area contributed by atoms with Crippen LogP contribution in [0, 0.1) is 0 Å². The van der Waals surface area contributed by atoms with Gasteiger partial charge in [0, 0.05) is 11.6 Å². The minimum Gasteiger partial charge on any atom is -0.494 e. The second-order valence-electron chi connectivity index (χ2n) is 3.63. The van der Waals surface area contributed by atoms with Crippen molar-refractivity contribution in [3.63, 3.8) is 0 Å². The molecule has 0 aliphatic heterocycles. The third kappa shape index (κ3) is 1.57. The number of hydrogen-bond acceptors (Lipinski definition) is 4. The Bertz CT molecular complexity index is 677. The molecule has 2 heterocycles. The van der Waals surface area contributed by atoms with E-state index in [0.717, 1.165) is 5.56 Å². The molecule has 0 aliphatic rings. The number of aromatic hydroxyl groups is 2. The van der Waals surface area contributed by atoms with Gasteiger partial charge in [0.2, 0.25) is 11.7 Å². The van der Waals surface area contributed by atoms with Gasteiger partial charge in [-0.15, -0.1) is 0 Å². The van der Waals surface area contributed by atoms with Crippen molar-refractivity contribution in [2.45, 2.75) is 0 Å². The number of nitrogens with zero attached hydrogens (tertiary/aromatic N) is 3. The monoisotopic (exact) mass is 227 g/mol. The van der Waals surface area contributed by atoms with Gasteiger partial charge in [-0.3, -0.25) is 4.40 Å². The predicted octanol–water partition coefficient (Wildman–Crippen LogP) is 1.81. The summed E-state index contributed by atoms with van der Waals surface area (Å²) in [7, 11) is 0. The summed E-state index contributed by atoms with van der Waals surface area (Å²) in [5.74, 6) is 0.0843. The van der Waals surface area contributed by atoms with Crippen molar-refractivity contribution in [2.24, 2.45) is 0 Å². The highest BCUT2D eigenvalue weighted by Crippen LogP contribution is 2.23. The van der Waals surface area contributed by atoms with Crippen molar-refractivity contribution in [2.75, 3.05) is 0 Å². The fourth-order valence-electron chi connectivity index (χ4n) is 1.69. The van der Waals surface area contributed by atoms with Crippen LogP contribution in [-0.4, -0.2) is 24.6 Å². The highest BCUT2D eigenvalue weighted by molar-refractivity contribution is 5.62. The van der Waals surface area contributed by atoms with Crippen molar-refractivity contribution in [1.29, 1.82) is 0 Å². The van der Waals surface area contributed by atoms with Gasteiger partial charge < -0.3 is 10.2 Å². The summed E-state index contributed by atoms with van der Waals surface area (Å²) in [6.45, 7) is 0. The topological polar surface area (TPSA) is 70.7 Å². The Hall–Kier alpha value is -2.56. The summed E-state index contributed by atoms with van der Waals surface area (Å²) in [6.07, 6.45) is 1.31. The fourth-order valence-corrected chi connectivity index (χ4v) is 1.69. The van der Waals surface area contributed by atoms with Gasteiger partial charge in [-0.25, -0.2) is 4.98 Å². The van der Waals surface area contributed by atoms with Gasteiger partial charge in [0.15, 0.2) is 5.88 Å². The lowest BCUT2D eigenvalue weighted by atomic mass is 10.1. The minimum absolute atomic E-state index is 0.0124. The van der Waals surface area contributed by atoms with E-state index in [1.165, 1.54) is 16.7 Å². The molecule has 84 valence electrons. The number of fused-ring (bicyclic) bond motifs is 1. The zero-order chi connectivity index (χ0) is 11.8. The molecule has 17 heavy (non-hydrogen) atoms. The highest BCUT2D eigenvalue weighted by atomic mass is 16.3. The maximum atomic E-state index is 9.80. The second kappa shape index (κ2) is 3.48. The molecule has 0 saturated carbocycles. The van der Waals surface area contributed by atoms with E-state index in [2.05, 4.69) is 9.97 Å². The molecule has 5 heteroatoms. The molecule has 0 unspecified atom stereocenters. The maximum absolute atomic E-state index is 9.80. The standard InChI is InChI=1S/C12H9N3O2/c16-10-7-15-11(17)6-9(13-12(15)14-10)8-4-2-1-3-5-8/h1-7,16-17H. The van der Waals surface area contributed by atoms with E-state index < -0.39 is 0 Å². The zero-order valence-corrected chi connectivity index (χ0v) is 8.78. The van der Waals surface area contributed by atoms with Crippen LogP contribution in [0.3, 0.4) is 0 Å². The molecule has 0 spiro atoms. The minimum atomic E-state index is -0.169. The Labute approximate surface area is 96.6 Å². The van der Waals surface area contributed by atoms with Gasteiger partial charge in [-0.1, -0.05) is 30.3 Å². The average Bonchev–Trinajstić information content (AvgIpc) is 2.71. The van der Waals surface area contributed by atoms with Crippen LogP contribution >= 0.6 is 0 Å². The Morgan fingerprint density at radius 3 is 2.53 bits per heavy atom. The molecule has 0 saturated heterocycles. The summed E-state index contributed by atoms with van der Waals surface area (Å²) in [4.78, 5) is 8.07. The summed E-state index contributed by atoms with van der Waals surface area (Å²) in [6, 6.07) is 11.0. The molecular formula is C12H9N3O2. The summed E-state index contributed by atoms with van der Waals surface area (Å²) >= 11 is 0. The maximum Gasteiger partial charge on any atom is 0.240 e. The quantitative estimate of drug-likeness (QED) is 0.665. The van der Waals surface area contributed by atoms with Crippen LogP contribution in [0.15, 0.2) is 42.6 Å².